The first kappa shape index (κ1) is 27.5. The predicted molar refractivity (Wildman–Crippen MR) is 186 cm³/mol. The Hall–Kier alpha value is -6.00. The fraction of sp³-hybridized carbons (Fsp3) is 0.0476. The van der Waals surface area contributed by atoms with Crippen LogP contribution in [0.15, 0.2) is 140 Å². The zero-order valence-corrected chi connectivity index (χ0v) is 25.1. The van der Waals surface area contributed by atoms with E-state index >= 15 is 0 Å². The minimum Gasteiger partial charge on any atom is -0.285 e. The van der Waals surface area contributed by atoms with Gasteiger partial charge in [-0.05, 0) is 86.6 Å². The van der Waals surface area contributed by atoms with E-state index < -0.39 is 0 Å². The molecule has 1 aliphatic carbocycles. The molecule has 0 amide bonds. The normalized spacial score (nSPS) is 12.2. The molecule has 1 aromatic heterocycles. The van der Waals surface area contributed by atoms with E-state index in [0.717, 1.165) is 51.6 Å². The van der Waals surface area contributed by atoms with Gasteiger partial charge in [-0.3, -0.25) is 4.79 Å². The second-order valence-electron chi connectivity index (χ2n) is 11.6. The van der Waals surface area contributed by atoms with Gasteiger partial charge >= 0.3 is 0 Å². The molecule has 0 atom stereocenters. The lowest BCUT2D eigenvalue weighted by Gasteiger charge is -2.12. The minimum atomic E-state index is -0.251. The summed E-state index contributed by atoms with van der Waals surface area (Å²) in [5.41, 5.74) is 6.20. The third-order valence-electron chi connectivity index (χ3n) is 8.50. The maximum absolute atomic E-state index is 14.5. The second kappa shape index (κ2) is 11.8. The summed E-state index contributed by atoms with van der Waals surface area (Å²) in [6, 6.07) is 46.9. The van der Waals surface area contributed by atoms with Gasteiger partial charge in [-0.2, -0.15) is 0 Å². The van der Waals surface area contributed by atoms with Crippen LogP contribution in [0.5, 0.6) is 0 Å². The molecule has 0 fully saturated rings. The molecule has 4 nitrogen and oxygen atoms in total. The second-order valence-corrected chi connectivity index (χ2v) is 11.6. The quantitative estimate of drug-likeness (QED) is 0.183. The number of hydrogen-bond acceptors (Lipinski definition) is 4. The maximum atomic E-state index is 14.5. The molecule has 0 saturated heterocycles. The topological polar surface area (TPSA) is 55.7 Å². The highest BCUT2D eigenvalue weighted by atomic mass is 16.1. The van der Waals surface area contributed by atoms with Crippen molar-refractivity contribution >= 4 is 28.7 Å². The summed E-state index contributed by atoms with van der Waals surface area (Å²) in [7, 11) is 0. The van der Waals surface area contributed by atoms with Crippen LogP contribution >= 0.6 is 0 Å². The number of carbonyl (C=O) groups excluding carboxylic acids is 1. The van der Waals surface area contributed by atoms with Crippen LogP contribution in [0.2, 0.25) is 0 Å². The van der Waals surface area contributed by atoms with Gasteiger partial charge in [-0.15, -0.1) is 0 Å². The summed E-state index contributed by atoms with van der Waals surface area (Å²) in [5.74, 6) is 0.788. The molecule has 218 valence electrons. The molecular formula is C42H29N3O. The smallest absolute Gasteiger partial charge is 0.230 e. The summed E-state index contributed by atoms with van der Waals surface area (Å²) in [6.07, 6.45) is 6.67. The molecule has 0 saturated carbocycles. The lowest BCUT2D eigenvalue weighted by Crippen LogP contribution is -2.26. The Labute approximate surface area is 267 Å². The summed E-state index contributed by atoms with van der Waals surface area (Å²) in [5, 5.41) is 4.80. The zero-order valence-electron chi connectivity index (χ0n) is 25.1. The molecule has 1 heterocycles. The van der Waals surface area contributed by atoms with Crippen LogP contribution in [0.4, 0.5) is 0 Å². The molecule has 0 radical (unpaired) electrons. The number of benzene rings is 6. The fourth-order valence-corrected chi connectivity index (χ4v) is 6.09. The molecule has 0 N–H and O–H groups in total. The van der Waals surface area contributed by atoms with Gasteiger partial charge in [0.25, 0.3) is 0 Å². The van der Waals surface area contributed by atoms with Crippen molar-refractivity contribution in [2.45, 2.75) is 12.8 Å². The zero-order chi connectivity index (χ0) is 30.9. The van der Waals surface area contributed by atoms with E-state index in [1.54, 1.807) is 0 Å². The molecule has 4 heteroatoms. The minimum absolute atomic E-state index is 0.114. The van der Waals surface area contributed by atoms with Crippen LogP contribution in [0.1, 0.15) is 29.0 Å². The van der Waals surface area contributed by atoms with E-state index in [1.807, 2.05) is 84.9 Å². The molecule has 46 heavy (non-hydrogen) atoms. The van der Waals surface area contributed by atoms with E-state index in [9.17, 15) is 4.79 Å². The van der Waals surface area contributed by atoms with Crippen LogP contribution in [0, 0.1) is 0 Å². The van der Waals surface area contributed by atoms with Crippen LogP contribution in [-0.4, -0.2) is 20.7 Å². The van der Waals surface area contributed by atoms with E-state index in [1.165, 1.54) is 15.8 Å². The van der Waals surface area contributed by atoms with Gasteiger partial charge in [-0.1, -0.05) is 121 Å². The average Bonchev–Trinajstić information content (AvgIpc) is 3.14. The van der Waals surface area contributed by atoms with Gasteiger partial charge < -0.3 is 0 Å². The van der Waals surface area contributed by atoms with Crippen molar-refractivity contribution in [2.75, 3.05) is 0 Å². The van der Waals surface area contributed by atoms with E-state index in [0.29, 0.717) is 17.2 Å². The number of fused-ring (bicyclic) bond motifs is 2. The van der Waals surface area contributed by atoms with Gasteiger partial charge in [0.2, 0.25) is 11.6 Å². The van der Waals surface area contributed by atoms with Gasteiger partial charge in [-0.25, -0.2) is 15.0 Å². The SMILES string of the molecule is O=C(c1cc(-c2ccc3c(c2)=CCCC=3)cc(-c2ccc3ccccc3c2)c1)c1nc(-c2ccccc2)nc(-c2ccccc2)n1. The molecule has 7 aromatic rings. The van der Waals surface area contributed by atoms with Crippen molar-refractivity contribution in [3.8, 4) is 45.0 Å². The highest BCUT2D eigenvalue weighted by Crippen LogP contribution is 2.31. The number of hydrogen-bond donors (Lipinski definition) is 0. The molecule has 0 spiro atoms. The predicted octanol–water partition coefficient (Wildman–Crippen LogP) is 8.28. The highest BCUT2D eigenvalue weighted by molar-refractivity contribution is 6.08. The maximum Gasteiger partial charge on any atom is 0.230 e. The standard InChI is InChI=1S/C42H29N3O/c46-39(42-44-40(30-13-3-1-4-14-30)43-41(45-42)31-15-5-2-6-16-31)38-26-36(34-21-19-28-11-7-9-17-32(28)23-34)25-37(27-38)35-22-20-29-12-8-10-18-33(29)24-35/h1-7,9,11-27H,8,10H2. The van der Waals surface area contributed by atoms with Crippen molar-refractivity contribution in [1.82, 2.24) is 15.0 Å². The Kier molecular flexibility index (Phi) is 7.08. The molecule has 8 rings (SSSR count). The van der Waals surface area contributed by atoms with Gasteiger partial charge in [0.15, 0.2) is 11.6 Å². The fourth-order valence-electron chi connectivity index (χ4n) is 6.09. The Morgan fingerprint density at radius 2 is 1.00 bits per heavy atom. The van der Waals surface area contributed by atoms with Crippen molar-refractivity contribution in [1.29, 1.82) is 0 Å². The van der Waals surface area contributed by atoms with Crippen LogP contribution in [0.3, 0.4) is 0 Å². The third-order valence-corrected chi connectivity index (χ3v) is 8.50. The van der Waals surface area contributed by atoms with E-state index in [4.69, 9.17) is 15.0 Å². The number of rotatable bonds is 6. The largest absolute Gasteiger partial charge is 0.285 e. The summed E-state index contributed by atoms with van der Waals surface area (Å²) >= 11 is 0. The van der Waals surface area contributed by atoms with Crippen molar-refractivity contribution in [2.24, 2.45) is 0 Å². The van der Waals surface area contributed by atoms with Gasteiger partial charge in [0, 0.05) is 16.7 Å². The molecular weight excluding hydrogens is 562 g/mol. The summed E-state index contributed by atoms with van der Waals surface area (Å²) < 4.78 is 0. The Balaban J connectivity index is 1.31. The monoisotopic (exact) mass is 591 g/mol. The van der Waals surface area contributed by atoms with E-state index in [-0.39, 0.29) is 11.6 Å². The molecule has 1 aliphatic rings. The third kappa shape index (κ3) is 5.42. The first-order valence-corrected chi connectivity index (χ1v) is 15.5. The Morgan fingerprint density at radius 1 is 0.435 bits per heavy atom. The Bertz CT molecular complexity index is 2320. The van der Waals surface area contributed by atoms with Gasteiger partial charge in [0.1, 0.15) is 0 Å². The summed E-state index contributed by atoms with van der Waals surface area (Å²) in [6.45, 7) is 0. The molecule has 0 bridgehead atoms. The van der Waals surface area contributed by atoms with Crippen molar-refractivity contribution < 1.29 is 4.79 Å². The summed E-state index contributed by atoms with van der Waals surface area (Å²) in [4.78, 5) is 28.7. The molecule has 0 unspecified atom stereocenters. The first-order valence-electron chi connectivity index (χ1n) is 15.5. The average molecular weight is 592 g/mol. The van der Waals surface area contributed by atoms with E-state index in [2.05, 4.69) is 66.7 Å². The molecule has 0 aliphatic heterocycles. The first-order chi connectivity index (χ1) is 22.7. The Morgan fingerprint density at radius 3 is 1.67 bits per heavy atom. The lowest BCUT2D eigenvalue weighted by atomic mass is 9.92. The number of aromatic nitrogens is 3. The van der Waals surface area contributed by atoms with Crippen LogP contribution in [0.25, 0.3) is 68.0 Å². The van der Waals surface area contributed by atoms with Crippen LogP contribution in [-0.2, 0) is 0 Å². The van der Waals surface area contributed by atoms with Crippen molar-refractivity contribution in [3.63, 3.8) is 0 Å². The van der Waals surface area contributed by atoms with Gasteiger partial charge in [0.05, 0.1) is 0 Å². The lowest BCUT2D eigenvalue weighted by molar-refractivity contribution is 0.102. The van der Waals surface area contributed by atoms with Crippen LogP contribution < -0.4 is 10.4 Å². The number of carbonyl (C=O) groups is 1. The number of ketones is 1. The molecule has 6 aromatic carbocycles. The number of nitrogens with zero attached hydrogens (tertiary/aromatic N) is 3. The van der Waals surface area contributed by atoms with Crippen molar-refractivity contribution in [3.05, 3.63) is 161 Å². The highest BCUT2D eigenvalue weighted by Gasteiger charge is 2.20.